The molecule has 2 N–H and O–H groups in total. The van der Waals surface area contributed by atoms with Crippen molar-refractivity contribution < 1.29 is 5.11 Å². The second-order valence-corrected chi connectivity index (χ2v) is 4.83. The average molecular weight is 231 g/mol. The third kappa shape index (κ3) is 1.89. The number of aromatic nitrogens is 2. The van der Waals surface area contributed by atoms with Crippen molar-refractivity contribution in [3.05, 3.63) is 23.9 Å². The van der Waals surface area contributed by atoms with E-state index >= 15 is 0 Å². The van der Waals surface area contributed by atoms with Crippen molar-refractivity contribution >= 4 is 10.9 Å². The molecule has 2 heterocycles. The zero-order chi connectivity index (χ0) is 11.8. The zero-order valence-electron chi connectivity index (χ0n) is 9.98. The van der Waals surface area contributed by atoms with Crippen LogP contribution in [0.2, 0.25) is 0 Å². The molecule has 4 heteroatoms. The lowest BCUT2D eigenvalue weighted by Crippen LogP contribution is -2.11. The Labute approximate surface area is 100 Å². The number of aromatic hydroxyl groups is 1. The van der Waals surface area contributed by atoms with Crippen molar-refractivity contribution in [2.24, 2.45) is 13.0 Å². The fraction of sp³-hybridized carbons (Fsp3) is 0.462. The number of phenolic OH excluding ortho intramolecular Hbond substituents is 1. The van der Waals surface area contributed by atoms with Gasteiger partial charge in [0.25, 0.3) is 0 Å². The fourth-order valence-corrected chi connectivity index (χ4v) is 2.64. The average Bonchev–Trinajstić information content (AvgIpc) is 2.89. The standard InChI is InChI=1S/C13H17N3O/c1-16-13-3-2-10(17)7-11(13)12(15-16)6-9-4-5-14-8-9/h2-3,7,9,14,17H,4-6,8H2,1H3. The molecule has 2 aromatic rings. The van der Waals surface area contributed by atoms with Crippen molar-refractivity contribution in [3.63, 3.8) is 0 Å². The van der Waals surface area contributed by atoms with E-state index in [0.29, 0.717) is 11.7 Å². The molecule has 1 aliphatic rings. The molecule has 0 saturated carbocycles. The molecule has 0 amide bonds. The van der Waals surface area contributed by atoms with E-state index in [2.05, 4.69) is 10.4 Å². The van der Waals surface area contributed by atoms with Crippen LogP contribution in [0.1, 0.15) is 12.1 Å². The lowest BCUT2D eigenvalue weighted by atomic mass is 10.0. The number of aryl methyl sites for hydroxylation is 1. The van der Waals surface area contributed by atoms with Crippen molar-refractivity contribution in [2.45, 2.75) is 12.8 Å². The molecule has 1 unspecified atom stereocenters. The summed E-state index contributed by atoms with van der Waals surface area (Å²) < 4.78 is 1.90. The Morgan fingerprint density at radius 3 is 3.18 bits per heavy atom. The van der Waals surface area contributed by atoms with Crippen LogP contribution < -0.4 is 5.32 Å². The second-order valence-electron chi connectivity index (χ2n) is 4.83. The van der Waals surface area contributed by atoms with Gasteiger partial charge in [0.05, 0.1) is 11.2 Å². The third-order valence-electron chi connectivity index (χ3n) is 3.55. The first kappa shape index (κ1) is 10.6. The maximum absolute atomic E-state index is 9.58. The Hall–Kier alpha value is -1.55. The van der Waals surface area contributed by atoms with E-state index in [-0.39, 0.29) is 0 Å². The smallest absolute Gasteiger partial charge is 0.116 e. The number of hydrogen-bond acceptors (Lipinski definition) is 3. The Morgan fingerprint density at radius 2 is 2.41 bits per heavy atom. The van der Waals surface area contributed by atoms with Gasteiger partial charge in [-0.25, -0.2) is 0 Å². The van der Waals surface area contributed by atoms with Crippen molar-refractivity contribution in [2.75, 3.05) is 13.1 Å². The lowest BCUT2D eigenvalue weighted by molar-refractivity contribution is 0.476. The van der Waals surface area contributed by atoms with E-state index in [1.165, 1.54) is 6.42 Å². The monoisotopic (exact) mass is 231 g/mol. The van der Waals surface area contributed by atoms with Crippen LogP contribution in [0.25, 0.3) is 10.9 Å². The molecular formula is C13H17N3O. The normalized spacial score (nSPS) is 20.2. The number of nitrogens with zero attached hydrogens (tertiary/aromatic N) is 2. The topological polar surface area (TPSA) is 50.1 Å². The van der Waals surface area contributed by atoms with Gasteiger partial charge in [0.1, 0.15) is 5.75 Å². The van der Waals surface area contributed by atoms with E-state index < -0.39 is 0 Å². The fourth-order valence-electron chi connectivity index (χ4n) is 2.64. The predicted octanol–water partition coefficient (Wildman–Crippen LogP) is 1.43. The summed E-state index contributed by atoms with van der Waals surface area (Å²) in [7, 11) is 1.95. The molecule has 1 fully saturated rings. The van der Waals surface area contributed by atoms with Gasteiger partial charge in [0.15, 0.2) is 0 Å². The lowest BCUT2D eigenvalue weighted by Gasteiger charge is -2.05. The van der Waals surface area contributed by atoms with Gasteiger partial charge in [0.2, 0.25) is 0 Å². The highest BCUT2D eigenvalue weighted by Crippen LogP contribution is 2.25. The molecule has 1 aromatic heterocycles. The molecule has 17 heavy (non-hydrogen) atoms. The van der Waals surface area contributed by atoms with Crippen LogP contribution in [0.3, 0.4) is 0 Å². The van der Waals surface area contributed by atoms with Crippen LogP contribution in [-0.2, 0) is 13.5 Å². The first-order chi connectivity index (χ1) is 8.24. The quantitative estimate of drug-likeness (QED) is 0.822. The summed E-state index contributed by atoms with van der Waals surface area (Å²) in [6, 6.07) is 5.46. The van der Waals surface area contributed by atoms with Gasteiger partial charge in [-0.05, 0) is 50.0 Å². The van der Waals surface area contributed by atoms with Crippen LogP contribution in [0.4, 0.5) is 0 Å². The van der Waals surface area contributed by atoms with Gasteiger partial charge in [-0.2, -0.15) is 5.10 Å². The van der Waals surface area contributed by atoms with Gasteiger partial charge < -0.3 is 10.4 Å². The van der Waals surface area contributed by atoms with Crippen LogP contribution in [-0.4, -0.2) is 28.0 Å². The van der Waals surface area contributed by atoms with Crippen LogP contribution >= 0.6 is 0 Å². The highest BCUT2D eigenvalue weighted by Gasteiger charge is 2.18. The summed E-state index contributed by atoms with van der Waals surface area (Å²) in [4.78, 5) is 0. The molecule has 0 bridgehead atoms. The zero-order valence-corrected chi connectivity index (χ0v) is 9.98. The third-order valence-corrected chi connectivity index (χ3v) is 3.55. The molecule has 4 nitrogen and oxygen atoms in total. The number of benzene rings is 1. The van der Waals surface area contributed by atoms with Crippen molar-refractivity contribution in [1.29, 1.82) is 0 Å². The molecule has 1 atom stereocenters. The molecule has 1 saturated heterocycles. The molecule has 1 aromatic carbocycles. The van der Waals surface area contributed by atoms with Gasteiger partial charge >= 0.3 is 0 Å². The highest BCUT2D eigenvalue weighted by atomic mass is 16.3. The Kier molecular flexibility index (Phi) is 2.52. The van der Waals surface area contributed by atoms with E-state index in [4.69, 9.17) is 0 Å². The van der Waals surface area contributed by atoms with Gasteiger partial charge in [0, 0.05) is 12.4 Å². The summed E-state index contributed by atoms with van der Waals surface area (Å²) in [5.74, 6) is 0.992. The Balaban J connectivity index is 2.00. The maximum Gasteiger partial charge on any atom is 0.116 e. The predicted molar refractivity (Wildman–Crippen MR) is 67.1 cm³/mol. The van der Waals surface area contributed by atoms with Crippen LogP contribution in [0.5, 0.6) is 5.75 Å². The van der Waals surface area contributed by atoms with Gasteiger partial charge in [-0.3, -0.25) is 4.68 Å². The number of phenols is 1. The number of rotatable bonds is 2. The van der Waals surface area contributed by atoms with Crippen LogP contribution in [0.15, 0.2) is 18.2 Å². The second kappa shape index (κ2) is 4.04. The summed E-state index contributed by atoms with van der Waals surface area (Å²) in [5.41, 5.74) is 2.19. The Bertz CT molecular complexity index is 541. The first-order valence-corrected chi connectivity index (χ1v) is 6.09. The van der Waals surface area contributed by atoms with Gasteiger partial charge in [-0.1, -0.05) is 0 Å². The molecule has 0 radical (unpaired) electrons. The number of nitrogens with one attached hydrogen (secondary N) is 1. The van der Waals surface area contributed by atoms with E-state index in [1.54, 1.807) is 6.07 Å². The minimum Gasteiger partial charge on any atom is -0.508 e. The van der Waals surface area contributed by atoms with E-state index in [1.807, 2.05) is 23.9 Å². The highest BCUT2D eigenvalue weighted by molar-refractivity contribution is 5.83. The summed E-state index contributed by atoms with van der Waals surface area (Å²) >= 11 is 0. The number of hydrogen-bond donors (Lipinski definition) is 2. The molecule has 90 valence electrons. The summed E-state index contributed by atoms with van der Waals surface area (Å²) in [5, 5.41) is 18.6. The SMILES string of the molecule is Cn1nc(CC2CCNC2)c2cc(O)ccc21. The van der Waals surface area contributed by atoms with E-state index in [0.717, 1.165) is 36.1 Å². The number of fused-ring (bicyclic) bond motifs is 1. The summed E-state index contributed by atoms with van der Waals surface area (Å²) in [6.45, 7) is 2.19. The molecule has 3 rings (SSSR count). The minimum atomic E-state index is 0.316. The molecule has 1 aliphatic heterocycles. The van der Waals surface area contributed by atoms with Gasteiger partial charge in [-0.15, -0.1) is 0 Å². The first-order valence-electron chi connectivity index (χ1n) is 6.09. The van der Waals surface area contributed by atoms with Crippen molar-refractivity contribution in [3.8, 4) is 5.75 Å². The molecule has 0 aliphatic carbocycles. The maximum atomic E-state index is 9.58. The van der Waals surface area contributed by atoms with Crippen molar-refractivity contribution in [1.82, 2.24) is 15.1 Å². The molecule has 0 spiro atoms. The Morgan fingerprint density at radius 1 is 1.53 bits per heavy atom. The largest absolute Gasteiger partial charge is 0.508 e. The minimum absolute atomic E-state index is 0.316. The van der Waals surface area contributed by atoms with Crippen LogP contribution in [0, 0.1) is 5.92 Å². The summed E-state index contributed by atoms with van der Waals surface area (Å²) in [6.07, 6.45) is 2.21. The molecular weight excluding hydrogens is 214 g/mol. The van der Waals surface area contributed by atoms with E-state index in [9.17, 15) is 5.11 Å².